The van der Waals surface area contributed by atoms with Crippen molar-refractivity contribution >= 4 is 5.97 Å². The normalized spacial score (nSPS) is 23.0. The summed E-state index contributed by atoms with van der Waals surface area (Å²) in [5, 5.41) is 13.0. The van der Waals surface area contributed by atoms with Gasteiger partial charge in [0, 0.05) is 6.42 Å². The molecule has 2 atom stereocenters. The Morgan fingerprint density at radius 2 is 2.24 bits per heavy atom. The van der Waals surface area contributed by atoms with Crippen LogP contribution in [0.2, 0.25) is 0 Å². The average Bonchev–Trinajstić information content (AvgIpc) is 2.75. The molecule has 1 saturated carbocycles. The Morgan fingerprint density at radius 1 is 1.48 bits per heavy atom. The van der Waals surface area contributed by atoms with Crippen molar-refractivity contribution in [3.63, 3.8) is 0 Å². The Hall–Kier alpha value is -2.24. The molecule has 0 spiro atoms. The lowest BCUT2D eigenvalue weighted by Crippen LogP contribution is -2.03. The van der Waals surface area contributed by atoms with Crippen LogP contribution in [0.15, 0.2) is 28.8 Å². The SMILES string of the molecule is CC1(C)C(C(=O)O)C1c1nc(Cc2cccc(F)c2)no1. The van der Waals surface area contributed by atoms with Crippen molar-refractivity contribution in [2.45, 2.75) is 26.2 Å². The number of carboxylic acids is 1. The van der Waals surface area contributed by atoms with E-state index in [-0.39, 0.29) is 17.2 Å². The molecule has 1 heterocycles. The maximum absolute atomic E-state index is 13.1. The summed E-state index contributed by atoms with van der Waals surface area (Å²) in [5.74, 6) is -1.15. The summed E-state index contributed by atoms with van der Waals surface area (Å²) in [6.45, 7) is 3.74. The van der Waals surface area contributed by atoms with E-state index in [4.69, 9.17) is 9.63 Å². The van der Waals surface area contributed by atoms with Gasteiger partial charge in [0.05, 0.1) is 11.8 Å². The predicted octanol–water partition coefficient (Wildman–Crippen LogP) is 2.62. The summed E-state index contributed by atoms with van der Waals surface area (Å²) < 4.78 is 18.3. The molecule has 0 bridgehead atoms. The second-order valence-electron chi connectivity index (χ2n) is 5.97. The molecule has 2 aromatic rings. The van der Waals surface area contributed by atoms with E-state index in [9.17, 15) is 9.18 Å². The van der Waals surface area contributed by atoms with E-state index in [0.717, 1.165) is 5.56 Å². The van der Waals surface area contributed by atoms with Crippen LogP contribution in [0, 0.1) is 17.2 Å². The summed E-state index contributed by atoms with van der Waals surface area (Å²) in [5.41, 5.74) is 0.362. The second kappa shape index (κ2) is 4.65. The highest BCUT2D eigenvalue weighted by Crippen LogP contribution is 2.63. The van der Waals surface area contributed by atoms with Gasteiger partial charge in [-0.1, -0.05) is 31.1 Å². The summed E-state index contributed by atoms with van der Waals surface area (Å²) >= 11 is 0. The monoisotopic (exact) mass is 290 g/mol. The lowest BCUT2D eigenvalue weighted by molar-refractivity contribution is -0.139. The number of halogens is 1. The topological polar surface area (TPSA) is 76.2 Å². The molecule has 3 rings (SSSR count). The number of carboxylic acid groups (broad SMARTS) is 1. The van der Waals surface area contributed by atoms with Gasteiger partial charge in [-0.05, 0) is 23.1 Å². The van der Waals surface area contributed by atoms with Gasteiger partial charge in [-0.3, -0.25) is 4.79 Å². The highest BCUT2D eigenvalue weighted by atomic mass is 19.1. The predicted molar refractivity (Wildman–Crippen MR) is 71.2 cm³/mol. The lowest BCUT2D eigenvalue weighted by Gasteiger charge is -1.97. The van der Waals surface area contributed by atoms with Gasteiger partial charge in [0.25, 0.3) is 0 Å². The van der Waals surface area contributed by atoms with Gasteiger partial charge in [-0.2, -0.15) is 4.98 Å². The molecular formula is C15H15FN2O3. The van der Waals surface area contributed by atoms with Crippen molar-refractivity contribution < 1.29 is 18.8 Å². The highest BCUT2D eigenvalue weighted by molar-refractivity contribution is 5.77. The summed E-state index contributed by atoms with van der Waals surface area (Å²) in [6, 6.07) is 6.18. The Bertz CT molecular complexity index is 696. The van der Waals surface area contributed by atoms with Crippen LogP contribution in [0.4, 0.5) is 4.39 Å². The Labute approximate surface area is 120 Å². The van der Waals surface area contributed by atoms with E-state index in [1.165, 1.54) is 12.1 Å². The first-order valence-corrected chi connectivity index (χ1v) is 6.69. The van der Waals surface area contributed by atoms with Crippen molar-refractivity contribution in [1.29, 1.82) is 0 Å². The highest BCUT2D eigenvalue weighted by Gasteiger charge is 2.65. The van der Waals surface area contributed by atoms with E-state index < -0.39 is 11.9 Å². The number of nitrogens with zero attached hydrogens (tertiary/aromatic N) is 2. The molecule has 0 amide bonds. The van der Waals surface area contributed by atoms with E-state index in [1.54, 1.807) is 12.1 Å². The number of aliphatic carboxylic acids is 1. The number of rotatable bonds is 4. The maximum atomic E-state index is 13.1. The maximum Gasteiger partial charge on any atom is 0.307 e. The fourth-order valence-corrected chi connectivity index (χ4v) is 2.85. The number of carbonyl (C=O) groups is 1. The first-order valence-electron chi connectivity index (χ1n) is 6.69. The molecule has 1 aromatic heterocycles. The molecule has 6 heteroatoms. The van der Waals surface area contributed by atoms with Crippen LogP contribution in [0.3, 0.4) is 0 Å². The number of hydrogen-bond donors (Lipinski definition) is 1. The molecule has 1 fully saturated rings. The third-order valence-electron chi connectivity index (χ3n) is 4.09. The molecule has 2 unspecified atom stereocenters. The Balaban J connectivity index is 1.77. The van der Waals surface area contributed by atoms with Crippen LogP contribution in [-0.2, 0) is 11.2 Å². The van der Waals surface area contributed by atoms with Crippen LogP contribution in [0.5, 0.6) is 0 Å². The van der Waals surface area contributed by atoms with Crippen LogP contribution in [0.25, 0.3) is 0 Å². The minimum atomic E-state index is -0.852. The second-order valence-corrected chi connectivity index (χ2v) is 5.97. The molecular weight excluding hydrogens is 275 g/mol. The molecule has 1 aromatic carbocycles. The van der Waals surface area contributed by atoms with E-state index in [0.29, 0.717) is 18.1 Å². The fraction of sp³-hybridized carbons (Fsp3) is 0.400. The molecule has 5 nitrogen and oxygen atoms in total. The first kappa shape index (κ1) is 13.7. The molecule has 1 N–H and O–H groups in total. The van der Waals surface area contributed by atoms with E-state index >= 15 is 0 Å². The van der Waals surface area contributed by atoms with Crippen LogP contribution >= 0.6 is 0 Å². The number of aromatic nitrogens is 2. The zero-order valence-electron chi connectivity index (χ0n) is 11.7. The van der Waals surface area contributed by atoms with Crippen molar-refractivity contribution in [1.82, 2.24) is 10.1 Å². The summed E-state index contributed by atoms with van der Waals surface area (Å²) in [4.78, 5) is 15.4. The minimum Gasteiger partial charge on any atom is -0.481 e. The van der Waals surface area contributed by atoms with E-state index in [1.807, 2.05) is 13.8 Å². The molecule has 21 heavy (non-hydrogen) atoms. The van der Waals surface area contributed by atoms with Gasteiger partial charge in [0.15, 0.2) is 5.82 Å². The molecule has 0 radical (unpaired) electrons. The molecule has 1 aliphatic carbocycles. The number of hydrogen-bond acceptors (Lipinski definition) is 4. The quantitative estimate of drug-likeness (QED) is 0.936. The Kier molecular flexibility index (Phi) is 3.04. The van der Waals surface area contributed by atoms with Crippen LogP contribution in [-0.4, -0.2) is 21.2 Å². The standard InChI is InChI=1S/C15H15FN2O3/c1-15(2)11(12(15)14(19)20)13-17-10(18-21-13)7-8-4-3-5-9(16)6-8/h3-6,11-12H,7H2,1-2H3,(H,19,20). The largest absolute Gasteiger partial charge is 0.481 e. The first-order chi connectivity index (χ1) is 9.89. The zero-order chi connectivity index (χ0) is 15.2. The van der Waals surface area contributed by atoms with E-state index in [2.05, 4.69) is 10.1 Å². The zero-order valence-corrected chi connectivity index (χ0v) is 11.7. The summed E-state index contributed by atoms with van der Waals surface area (Å²) in [6.07, 6.45) is 0.353. The van der Waals surface area contributed by atoms with Crippen molar-refractivity contribution in [3.05, 3.63) is 47.4 Å². The fourth-order valence-electron chi connectivity index (χ4n) is 2.85. The average molecular weight is 290 g/mol. The van der Waals surface area contributed by atoms with Crippen LogP contribution in [0.1, 0.15) is 37.0 Å². The molecule has 0 aliphatic heterocycles. The van der Waals surface area contributed by atoms with Gasteiger partial charge in [-0.15, -0.1) is 0 Å². The van der Waals surface area contributed by atoms with Gasteiger partial charge in [0.2, 0.25) is 5.89 Å². The van der Waals surface area contributed by atoms with Gasteiger partial charge in [0.1, 0.15) is 5.82 Å². The smallest absolute Gasteiger partial charge is 0.307 e. The van der Waals surface area contributed by atoms with Gasteiger partial charge in [-0.25, -0.2) is 4.39 Å². The summed E-state index contributed by atoms with van der Waals surface area (Å²) in [7, 11) is 0. The van der Waals surface area contributed by atoms with Crippen molar-refractivity contribution in [2.75, 3.05) is 0 Å². The minimum absolute atomic E-state index is 0.260. The molecule has 0 saturated heterocycles. The van der Waals surface area contributed by atoms with Gasteiger partial charge < -0.3 is 9.63 Å². The molecule has 110 valence electrons. The van der Waals surface area contributed by atoms with Crippen molar-refractivity contribution in [3.8, 4) is 0 Å². The Morgan fingerprint density at radius 3 is 2.86 bits per heavy atom. The molecule has 1 aliphatic rings. The third kappa shape index (κ3) is 2.41. The third-order valence-corrected chi connectivity index (χ3v) is 4.09. The lowest BCUT2D eigenvalue weighted by atomic mass is 10.1. The van der Waals surface area contributed by atoms with Crippen LogP contribution < -0.4 is 0 Å². The number of benzene rings is 1. The van der Waals surface area contributed by atoms with Gasteiger partial charge >= 0.3 is 5.97 Å². The van der Waals surface area contributed by atoms with Crippen molar-refractivity contribution in [2.24, 2.45) is 11.3 Å².